The quantitative estimate of drug-likeness (QED) is 0.304. The van der Waals surface area contributed by atoms with Gasteiger partial charge < -0.3 is 10.6 Å². The SMILES string of the molecule is C=C(C)c1ccc(C(C)(C)NC(=O)CC2CC3C4CC(CC(=O)NC(C)(C)c5ccc(C(=C)C)cc5)C(C4)C3C2)cc1. The third kappa shape index (κ3) is 6.28. The van der Waals surface area contributed by atoms with E-state index in [0.717, 1.165) is 51.7 Å². The molecule has 0 saturated heterocycles. The highest BCUT2D eigenvalue weighted by molar-refractivity contribution is 5.78. The van der Waals surface area contributed by atoms with Crippen molar-refractivity contribution in [3.05, 3.63) is 83.9 Å². The van der Waals surface area contributed by atoms with E-state index in [9.17, 15) is 9.59 Å². The summed E-state index contributed by atoms with van der Waals surface area (Å²) in [6.07, 6.45) is 5.94. The van der Waals surface area contributed by atoms with Crippen LogP contribution in [0.3, 0.4) is 0 Å². The lowest BCUT2D eigenvalue weighted by Gasteiger charge is -2.33. The molecule has 2 aromatic carbocycles. The molecule has 2 bridgehead atoms. The van der Waals surface area contributed by atoms with Crippen LogP contribution >= 0.6 is 0 Å². The number of rotatable bonds is 10. The predicted octanol–water partition coefficient (Wildman–Crippen LogP) is 8.23. The maximum absolute atomic E-state index is 13.3. The first-order valence-corrected chi connectivity index (χ1v) is 15.9. The second-order valence-electron chi connectivity index (χ2n) is 14.8. The first-order chi connectivity index (χ1) is 19.7. The summed E-state index contributed by atoms with van der Waals surface area (Å²) in [4.78, 5) is 26.5. The number of carbonyl (C=O) groups excluding carboxylic acids is 2. The van der Waals surface area contributed by atoms with Gasteiger partial charge in [0.15, 0.2) is 0 Å². The standard InChI is InChI=1S/C38H50N2O2/c1-23(2)26-9-13-30(14-10-26)37(5,6)39-35(41)19-25-17-32-28-20-29(33(21-28)34(32)18-25)22-36(42)40-38(7,8)31-15-11-27(12-16-31)24(3)4/h9-16,25,28-29,32-34H,1,3,17-22H2,2,4-8H3,(H,39,41)(H,40,42). The molecule has 4 heteroatoms. The third-order valence-electron chi connectivity index (χ3n) is 10.7. The molecule has 0 heterocycles. The van der Waals surface area contributed by atoms with E-state index in [2.05, 4.69) is 100 Å². The van der Waals surface area contributed by atoms with Gasteiger partial charge in [0.25, 0.3) is 0 Å². The number of allylic oxidation sites excluding steroid dienone is 2. The number of amides is 2. The van der Waals surface area contributed by atoms with Crippen molar-refractivity contribution in [3.63, 3.8) is 0 Å². The van der Waals surface area contributed by atoms with Crippen molar-refractivity contribution in [2.24, 2.45) is 35.5 Å². The number of nitrogens with one attached hydrogen (secondary N) is 2. The fourth-order valence-corrected chi connectivity index (χ4v) is 8.51. The third-order valence-corrected chi connectivity index (χ3v) is 10.7. The van der Waals surface area contributed by atoms with Crippen molar-refractivity contribution in [3.8, 4) is 0 Å². The van der Waals surface area contributed by atoms with Crippen molar-refractivity contribution in [2.75, 3.05) is 0 Å². The summed E-state index contributed by atoms with van der Waals surface area (Å²) < 4.78 is 0. The number of carbonyl (C=O) groups is 2. The molecule has 3 fully saturated rings. The summed E-state index contributed by atoms with van der Waals surface area (Å²) in [7, 11) is 0. The predicted molar refractivity (Wildman–Crippen MR) is 173 cm³/mol. The number of fused-ring (bicyclic) bond motifs is 5. The van der Waals surface area contributed by atoms with E-state index in [4.69, 9.17) is 0 Å². The normalized spacial score (nSPS) is 26.5. The van der Waals surface area contributed by atoms with Crippen LogP contribution in [0.1, 0.15) is 102 Å². The van der Waals surface area contributed by atoms with Crippen molar-refractivity contribution < 1.29 is 9.59 Å². The highest BCUT2D eigenvalue weighted by Gasteiger charge is 2.56. The van der Waals surface area contributed by atoms with Gasteiger partial charge in [-0.3, -0.25) is 9.59 Å². The molecule has 224 valence electrons. The van der Waals surface area contributed by atoms with Crippen molar-refractivity contribution in [2.45, 2.75) is 91.1 Å². The van der Waals surface area contributed by atoms with E-state index in [1.54, 1.807) is 0 Å². The summed E-state index contributed by atoms with van der Waals surface area (Å²) in [6.45, 7) is 20.4. The molecule has 3 aliphatic carbocycles. The van der Waals surface area contributed by atoms with Gasteiger partial charge in [-0.15, -0.1) is 0 Å². The molecule has 2 amide bonds. The molecule has 42 heavy (non-hydrogen) atoms. The molecule has 0 radical (unpaired) electrons. The van der Waals surface area contributed by atoms with Crippen LogP contribution in [0.5, 0.6) is 0 Å². The Labute approximate surface area is 253 Å². The molecular weight excluding hydrogens is 516 g/mol. The molecular formula is C38H50N2O2. The van der Waals surface area contributed by atoms with E-state index in [1.807, 2.05) is 13.8 Å². The molecule has 4 nitrogen and oxygen atoms in total. The number of benzene rings is 2. The Kier molecular flexibility index (Phi) is 8.31. The Balaban J connectivity index is 1.13. The van der Waals surface area contributed by atoms with Crippen molar-refractivity contribution >= 4 is 23.0 Å². The molecule has 6 atom stereocenters. The van der Waals surface area contributed by atoms with Crippen LogP contribution in [0.15, 0.2) is 61.7 Å². The molecule has 2 aromatic rings. The zero-order chi connectivity index (χ0) is 30.4. The van der Waals surface area contributed by atoms with Crippen LogP contribution < -0.4 is 10.6 Å². The van der Waals surface area contributed by atoms with E-state index >= 15 is 0 Å². The lowest BCUT2D eigenvalue weighted by atomic mass is 9.74. The lowest BCUT2D eigenvalue weighted by Crippen LogP contribution is -2.42. The number of hydrogen-bond donors (Lipinski definition) is 2. The van der Waals surface area contributed by atoms with Gasteiger partial charge in [0, 0.05) is 12.8 Å². The molecule has 0 spiro atoms. The summed E-state index contributed by atoms with van der Waals surface area (Å²) >= 11 is 0. The molecule has 6 unspecified atom stereocenters. The second-order valence-corrected chi connectivity index (χ2v) is 14.8. The topological polar surface area (TPSA) is 58.2 Å². The monoisotopic (exact) mass is 566 g/mol. The maximum atomic E-state index is 13.3. The van der Waals surface area contributed by atoms with Gasteiger partial charge in [-0.2, -0.15) is 0 Å². The minimum absolute atomic E-state index is 0.149. The molecule has 0 aliphatic heterocycles. The zero-order valence-corrected chi connectivity index (χ0v) is 26.6. The Bertz CT molecular complexity index is 1350. The number of hydrogen-bond acceptors (Lipinski definition) is 2. The second kappa shape index (κ2) is 11.5. The smallest absolute Gasteiger partial charge is 0.220 e. The maximum Gasteiger partial charge on any atom is 0.220 e. The molecule has 5 rings (SSSR count). The van der Waals surface area contributed by atoms with E-state index in [1.165, 1.54) is 19.3 Å². The highest BCUT2D eigenvalue weighted by atomic mass is 16.2. The minimum Gasteiger partial charge on any atom is -0.347 e. The fourth-order valence-electron chi connectivity index (χ4n) is 8.51. The molecule has 0 aromatic heterocycles. The first-order valence-electron chi connectivity index (χ1n) is 15.9. The highest BCUT2D eigenvalue weighted by Crippen LogP contribution is 2.63. The molecule has 3 saturated carbocycles. The van der Waals surface area contributed by atoms with Crippen LogP contribution in [0.25, 0.3) is 11.1 Å². The van der Waals surface area contributed by atoms with Gasteiger partial charge in [0.05, 0.1) is 11.1 Å². The van der Waals surface area contributed by atoms with Crippen molar-refractivity contribution in [1.82, 2.24) is 10.6 Å². The average Bonchev–Trinajstić information content (AvgIpc) is 3.60. The van der Waals surface area contributed by atoms with E-state index in [-0.39, 0.29) is 11.8 Å². The van der Waals surface area contributed by atoms with E-state index < -0.39 is 11.1 Å². The van der Waals surface area contributed by atoms with Gasteiger partial charge in [0.2, 0.25) is 11.8 Å². The summed E-state index contributed by atoms with van der Waals surface area (Å²) in [5.41, 5.74) is 5.71. The summed E-state index contributed by atoms with van der Waals surface area (Å²) in [6, 6.07) is 16.7. The minimum atomic E-state index is -0.420. The Morgan fingerprint density at radius 3 is 1.60 bits per heavy atom. The van der Waals surface area contributed by atoms with Crippen LogP contribution in [-0.4, -0.2) is 11.8 Å². The fraction of sp³-hybridized carbons (Fsp3) is 0.526. The van der Waals surface area contributed by atoms with Crippen LogP contribution in [-0.2, 0) is 20.7 Å². The van der Waals surface area contributed by atoms with Gasteiger partial charge in [-0.05, 0) is 125 Å². The van der Waals surface area contributed by atoms with Gasteiger partial charge >= 0.3 is 0 Å². The van der Waals surface area contributed by atoms with Crippen LogP contribution in [0, 0.1) is 35.5 Å². The van der Waals surface area contributed by atoms with Gasteiger partial charge in [-0.25, -0.2) is 0 Å². The average molecular weight is 567 g/mol. The summed E-state index contributed by atoms with van der Waals surface area (Å²) in [5, 5.41) is 6.64. The molecule has 3 aliphatic rings. The zero-order valence-electron chi connectivity index (χ0n) is 26.6. The Hall–Kier alpha value is -3.14. The van der Waals surface area contributed by atoms with Crippen LogP contribution in [0.2, 0.25) is 0 Å². The van der Waals surface area contributed by atoms with Gasteiger partial charge in [-0.1, -0.05) is 72.8 Å². The van der Waals surface area contributed by atoms with Crippen LogP contribution in [0.4, 0.5) is 0 Å². The largest absolute Gasteiger partial charge is 0.347 e. The van der Waals surface area contributed by atoms with Crippen molar-refractivity contribution in [1.29, 1.82) is 0 Å². The molecule has 2 N–H and O–H groups in total. The first kappa shape index (κ1) is 30.3. The van der Waals surface area contributed by atoms with E-state index in [0.29, 0.717) is 36.5 Å². The summed E-state index contributed by atoms with van der Waals surface area (Å²) in [5.74, 6) is 3.97. The lowest BCUT2D eigenvalue weighted by molar-refractivity contribution is -0.124. The Morgan fingerprint density at radius 2 is 1.12 bits per heavy atom. The Morgan fingerprint density at radius 1 is 0.667 bits per heavy atom. The van der Waals surface area contributed by atoms with Gasteiger partial charge in [0.1, 0.15) is 0 Å².